The lowest BCUT2D eigenvalue weighted by molar-refractivity contribution is -0.141. The summed E-state index contributed by atoms with van der Waals surface area (Å²) in [7, 11) is 0. The van der Waals surface area contributed by atoms with Crippen molar-refractivity contribution in [2.45, 2.75) is 65.0 Å². The highest BCUT2D eigenvalue weighted by Crippen LogP contribution is 2.34. The Morgan fingerprint density at radius 1 is 1.08 bits per heavy atom. The quantitative estimate of drug-likeness (QED) is 0.474. The van der Waals surface area contributed by atoms with Crippen LogP contribution in [0, 0.1) is 12.8 Å². The summed E-state index contributed by atoms with van der Waals surface area (Å²) in [5, 5.41) is 0. The fourth-order valence-electron chi connectivity index (χ4n) is 6.29. The third-order valence-corrected chi connectivity index (χ3v) is 8.66. The SMILES string of the molecule is CCn1cc(N2CC3(CCN(c4ccc(OCCCN5CCC[C@H](C)C5)cc4)CC3)OCC2=O)cc(C)c1=O. The van der Waals surface area contributed by atoms with Gasteiger partial charge in [-0.05, 0) is 88.7 Å². The second-order valence-electron chi connectivity index (χ2n) is 11.7. The van der Waals surface area contributed by atoms with E-state index in [9.17, 15) is 9.59 Å². The maximum atomic E-state index is 12.8. The average Bonchev–Trinajstić information content (AvgIpc) is 2.95. The Morgan fingerprint density at radius 2 is 1.85 bits per heavy atom. The maximum absolute atomic E-state index is 12.8. The minimum Gasteiger partial charge on any atom is -0.494 e. The first-order valence-electron chi connectivity index (χ1n) is 14.7. The number of morpholine rings is 1. The molecule has 0 radical (unpaired) electrons. The number of anilines is 2. The van der Waals surface area contributed by atoms with Crippen molar-refractivity contribution in [3.63, 3.8) is 0 Å². The van der Waals surface area contributed by atoms with Crippen LogP contribution in [0.4, 0.5) is 11.4 Å². The number of nitrogens with zero attached hydrogens (tertiary/aromatic N) is 4. The molecular weight excluding hydrogens is 492 g/mol. The second kappa shape index (κ2) is 12.1. The van der Waals surface area contributed by atoms with Crippen molar-refractivity contribution in [1.82, 2.24) is 9.47 Å². The van der Waals surface area contributed by atoms with Crippen LogP contribution in [0.2, 0.25) is 0 Å². The molecule has 1 amide bonds. The molecule has 0 aliphatic carbocycles. The van der Waals surface area contributed by atoms with Crippen molar-refractivity contribution >= 4 is 17.3 Å². The number of carbonyl (C=O) groups is 1. The number of hydrogen-bond acceptors (Lipinski definition) is 6. The van der Waals surface area contributed by atoms with Gasteiger partial charge < -0.3 is 28.7 Å². The molecule has 1 spiro atoms. The molecule has 3 aliphatic heterocycles. The highest BCUT2D eigenvalue weighted by Gasteiger charge is 2.43. The molecule has 0 bridgehead atoms. The van der Waals surface area contributed by atoms with Crippen molar-refractivity contribution < 1.29 is 14.3 Å². The molecule has 1 aromatic heterocycles. The third-order valence-electron chi connectivity index (χ3n) is 8.66. The summed E-state index contributed by atoms with van der Waals surface area (Å²) in [5.74, 6) is 1.69. The highest BCUT2D eigenvalue weighted by atomic mass is 16.5. The number of carbonyl (C=O) groups excluding carboxylic acids is 1. The van der Waals surface area contributed by atoms with Crippen LogP contribution in [-0.2, 0) is 16.1 Å². The van der Waals surface area contributed by atoms with Crippen molar-refractivity contribution in [1.29, 1.82) is 0 Å². The Bertz CT molecular complexity index is 1190. The average molecular weight is 537 g/mol. The summed E-state index contributed by atoms with van der Waals surface area (Å²) in [5.41, 5.74) is 2.26. The van der Waals surface area contributed by atoms with Crippen LogP contribution >= 0.6 is 0 Å². The van der Waals surface area contributed by atoms with Crippen molar-refractivity contribution in [2.75, 3.05) is 62.3 Å². The summed E-state index contributed by atoms with van der Waals surface area (Å²) < 4.78 is 13.9. The number of aryl methyl sites for hydroxylation is 2. The fourth-order valence-corrected chi connectivity index (χ4v) is 6.29. The molecule has 0 N–H and O–H groups in total. The van der Waals surface area contributed by atoms with Gasteiger partial charge >= 0.3 is 0 Å². The summed E-state index contributed by atoms with van der Waals surface area (Å²) in [6, 6.07) is 10.3. The molecule has 1 atom stereocenters. The number of likely N-dealkylation sites (tertiary alicyclic amines) is 1. The Kier molecular flexibility index (Phi) is 8.62. The molecular formula is C31H44N4O4. The summed E-state index contributed by atoms with van der Waals surface area (Å²) in [4.78, 5) is 31.9. The van der Waals surface area contributed by atoms with E-state index in [1.807, 2.05) is 24.8 Å². The second-order valence-corrected chi connectivity index (χ2v) is 11.7. The van der Waals surface area contributed by atoms with Crippen LogP contribution in [0.1, 0.15) is 51.5 Å². The summed E-state index contributed by atoms with van der Waals surface area (Å²) in [6.45, 7) is 13.3. The number of ether oxygens (including phenoxy) is 2. The fraction of sp³-hybridized carbons (Fsp3) is 0.613. The van der Waals surface area contributed by atoms with E-state index in [1.165, 1.54) is 31.6 Å². The topological polar surface area (TPSA) is 67.2 Å². The van der Waals surface area contributed by atoms with Crippen LogP contribution in [-0.4, -0.2) is 73.5 Å². The van der Waals surface area contributed by atoms with Gasteiger partial charge in [0.25, 0.3) is 11.5 Å². The van der Waals surface area contributed by atoms with E-state index in [1.54, 1.807) is 10.8 Å². The molecule has 1 aromatic carbocycles. The number of aromatic nitrogens is 1. The summed E-state index contributed by atoms with van der Waals surface area (Å²) in [6.07, 6.45) is 7.23. The Balaban J connectivity index is 1.13. The third kappa shape index (κ3) is 6.49. The predicted octanol–water partition coefficient (Wildman–Crippen LogP) is 4.08. The molecule has 0 unspecified atom stereocenters. The van der Waals surface area contributed by atoms with Crippen molar-refractivity contribution in [3.8, 4) is 5.75 Å². The van der Waals surface area contributed by atoms with Gasteiger partial charge in [0.2, 0.25) is 0 Å². The molecule has 8 heteroatoms. The van der Waals surface area contributed by atoms with Crippen LogP contribution in [0.15, 0.2) is 41.3 Å². The van der Waals surface area contributed by atoms with Crippen LogP contribution in [0.5, 0.6) is 5.75 Å². The first kappa shape index (κ1) is 27.7. The van der Waals surface area contributed by atoms with E-state index in [2.05, 4.69) is 41.0 Å². The van der Waals surface area contributed by atoms with Gasteiger partial charge in [-0.3, -0.25) is 9.59 Å². The first-order valence-corrected chi connectivity index (χ1v) is 14.7. The number of pyridine rings is 1. The monoisotopic (exact) mass is 536 g/mol. The molecule has 212 valence electrons. The van der Waals surface area contributed by atoms with Crippen molar-refractivity contribution in [3.05, 3.63) is 52.4 Å². The Hall–Kier alpha value is -2.84. The zero-order valence-corrected chi connectivity index (χ0v) is 23.9. The van der Waals surface area contributed by atoms with Gasteiger partial charge in [-0.1, -0.05) is 6.92 Å². The minimum atomic E-state index is -0.360. The zero-order chi connectivity index (χ0) is 27.4. The smallest absolute Gasteiger partial charge is 0.253 e. The van der Waals surface area contributed by atoms with Gasteiger partial charge in [0.15, 0.2) is 0 Å². The van der Waals surface area contributed by atoms with E-state index in [0.29, 0.717) is 18.7 Å². The van der Waals surface area contributed by atoms with E-state index in [0.717, 1.165) is 62.9 Å². The first-order chi connectivity index (χ1) is 18.9. The standard InChI is InChI=1S/C31H44N4O4/c1-4-33-21-27(19-25(3)30(33)37)35-23-31(39-22-29(35)36)12-16-34(17-13-31)26-8-10-28(11-9-26)38-18-6-15-32-14-5-7-24(2)20-32/h8-11,19,21,24H,4-7,12-18,20,22-23H2,1-3H3/t24-/m0/s1. The maximum Gasteiger partial charge on any atom is 0.253 e. The molecule has 8 nitrogen and oxygen atoms in total. The Labute approximate surface area is 232 Å². The number of amides is 1. The normalized spacial score (nSPS) is 21.9. The predicted molar refractivity (Wildman–Crippen MR) is 155 cm³/mol. The van der Waals surface area contributed by atoms with Gasteiger partial charge in [0, 0.05) is 50.2 Å². The molecule has 4 heterocycles. The largest absolute Gasteiger partial charge is 0.494 e. The lowest BCUT2D eigenvalue weighted by atomic mass is 9.88. The van der Waals surface area contributed by atoms with Crippen LogP contribution in [0.25, 0.3) is 0 Å². The Morgan fingerprint density at radius 3 is 2.56 bits per heavy atom. The molecule has 3 aliphatic rings. The van der Waals surface area contributed by atoms with Gasteiger partial charge in [-0.2, -0.15) is 0 Å². The van der Waals surface area contributed by atoms with Gasteiger partial charge in [0.05, 0.1) is 24.4 Å². The van der Waals surface area contributed by atoms with E-state index < -0.39 is 0 Å². The highest BCUT2D eigenvalue weighted by molar-refractivity contribution is 5.95. The van der Waals surface area contributed by atoms with Gasteiger partial charge in [-0.25, -0.2) is 0 Å². The van der Waals surface area contributed by atoms with Crippen molar-refractivity contribution in [2.24, 2.45) is 5.92 Å². The number of rotatable bonds is 8. The van der Waals surface area contributed by atoms with Gasteiger partial charge in [0.1, 0.15) is 12.4 Å². The van der Waals surface area contributed by atoms with Gasteiger partial charge in [-0.15, -0.1) is 0 Å². The van der Waals surface area contributed by atoms with E-state index >= 15 is 0 Å². The minimum absolute atomic E-state index is 0.00601. The van der Waals surface area contributed by atoms with Crippen LogP contribution in [0.3, 0.4) is 0 Å². The zero-order valence-electron chi connectivity index (χ0n) is 23.9. The number of hydrogen-bond donors (Lipinski definition) is 0. The molecule has 2 aromatic rings. The molecule has 39 heavy (non-hydrogen) atoms. The van der Waals surface area contributed by atoms with Crippen LogP contribution < -0.4 is 20.1 Å². The number of piperidine rings is 2. The molecule has 5 rings (SSSR count). The molecule has 3 saturated heterocycles. The molecule has 0 saturated carbocycles. The number of benzene rings is 1. The van der Waals surface area contributed by atoms with E-state index in [-0.39, 0.29) is 23.7 Å². The molecule has 3 fully saturated rings. The lowest BCUT2D eigenvalue weighted by Gasteiger charge is -2.47. The van der Waals surface area contributed by atoms with E-state index in [4.69, 9.17) is 9.47 Å². The lowest BCUT2D eigenvalue weighted by Crippen LogP contribution is -2.59. The summed E-state index contributed by atoms with van der Waals surface area (Å²) >= 11 is 0.